The second-order valence-corrected chi connectivity index (χ2v) is 4.97. The monoisotopic (exact) mass is 220 g/mol. The molecule has 3 rings (SSSR count). The van der Waals surface area contributed by atoms with Gasteiger partial charge in [0.2, 0.25) is 0 Å². The van der Waals surface area contributed by atoms with Crippen molar-refractivity contribution in [3.8, 4) is 0 Å². The summed E-state index contributed by atoms with van der Waals surface area (Å²) in [5, 5.41) is 5.44. The molecule has 0 heterocycles. The van der Waals surface area contributed by atoms with E-state index in [-0.39, 0.29) is 0 Å². The molecule has 0 amide bonds. The van der Waals surface area contributed by atoms with Gasteiger partial charge in [0.15, 0.2) is 0 Å². The molecule has 0 spiro atoms. The third-order valence-electron chi connectivity index (χ3n) is 3.46. The van der Waals surface area contributed by atoms with Crippen LogP contribution in [0.3, 0.4) is 0 Å². The van der Waals surface area contributed by atoms with E-state index < -0.39 is 0 Å². The summed E-state index contributed by atoms with van der Waals surface area (Å²) in [7, 11) is 0. The first-order chi connectivity index (χ1) is 8.15. The fraction of sp³-hybridized carbons (Fsp3) is 0.176. The lowest BCUT2D eigenvalue weighted by Gasteiger charge is -2.08. The Labute approximate surface area is 102 Å². The van der Waals surface area contributed by atoms with Crippen LogP contribution in [0.1, 0.15) is 16.7 Å². The van der Waals surface area contributed by atoms with E-state index in [1.54, 1.807) is 0 Å². The molecular weight excluding hydrogens is 204 g/mol. The minimum atomic E-state index is 1.32. The van der Waals surface area contributed by atoms with E-state index in [1.165, 1.54) is 38.2 Å². The highest BCUT2D eigenvalue weighted by atomic mass is 14.1. The predicted octanol–water partition coefficient (Wildman–Crippen LogP) is 4.92. The van der Waals surface area contributed by atoms with Crippen LogP contribution < -0.4 is 0 Å². The van der Waals surface area contributed by atoms with Crippen molar-refractivity contribution < 1.29 is 0 Å². The third kappa shape index (κ3) is 1.61. The summed E-state index contributed by atoms with van der Waals surface area (Å²) in [6.07, 6.45) is 0. The quantitative estimate of drug-likeness (QED) is 0.472. The lowest BCUT2D eigenvalue weighted by Crippen LogP contribution is -1.84. The molecule has 0 bridgehead atoms. The summed E-state index contributed by atoms with van der Waals surface area (Å²) < 4.78 is 0. The lowest BCUT2D eigenvalue weighted by molar-refractivity contribution is 1.43. The Morgan fingerprint density at radius 1 is 0.588 bits per heavy atom. The highest BCUT2D eigenvalue weighted by Crippen LogP contribution is 2.29. The van der Waals surface area contributed by atoms with Gasteiger partial charge in [-0.3, -0.25) is 0 Å². The van der Waals surface area contributed by atoms with E-state index in [9.17, 15) is 0 Å². The normalized spacial score (nSPS) is 11.2. The first-order valence-corrected chi connectivity index (χ1v) is 6.05. The van der Waals surface area contributed by atoms with Crippen molar-refractivity contribution >= 4 is 21.5 Å². The number of rotatable bonds is 0. The van der Waals surface area contributed by atoms with Gasteiger partial charge in [-0.05, 0) is 47.9 Å². The Morgan fingerprint density at radius 3 is 2.12 bits per heavy atom. The first kappa shape index (κ1) is 10.3. The molecule has 0 radical (unpaired) electrons. The third-order valence-corrected chi connectivity index (χ3v) is 3.46. The zero-order valence-corrected chi connectivity index (χ0v) is 10.5. The molecule has 3 aromatic rings. The second kappa shape index (κ2) is 3.59. The molecule has 84 valence electrons. The SMILES string of the molecule is Cc1ccc2ccc3c(C)cc(C)cc3c2c1. The molecule has 0 fully saturated rings. The molecule has 3 aromatic carbocycles. The fourth-order valence-corrected chi connectivity index (χ4v) is 2.64. The number of benzene rings is 3. The van der Waals surface area contributed by atoms with E-state index in [2.05, 4.69) is 63.2 Å². The van der Waals surface area contributed by atoms with Crippen molar-refractivity contribution in [1.82, 2.24) is 0 Å². The van der Waals surface area contributed by atoms with Crippen molar-refractivity contribution in [2.75, 3.05) is 0 Å². The van der Waals surface area contributed by atoms with Crippen molar-refractivity contribution in [3.05, 3.63) is 59.2 Å². The van der Waals surface area contributed by atoms with Crippen LogP contribution in [-0.2, 0) is 0 Å². The summed E-state index contributed by atoms with van der Waals surface area (Å²) in [5.74, 6) is 0. The van der Waals surface area contributed by atoms with Crippen molar-refractivity contribution in [2.24, 2.45) is 0 Å². The van der Waals surface area contributed by atoms with Crippen molar-refractivity contribution in [3.63, 3.8) is 0 Å². The van der Waals surface area contributed by atoms with E-state index >= 15 is 0 Å². The number of aryl methyl sites for hydroxylation is 3. The largest absolute Gasteiger partial charge is 0.0587 e. The summed E-state index contributed by atoms with van der Waals surface area (Å²) >= 11 is 0. The van der Waals surface area contributed by atoms with Gasteiger partial charge in [0.05, 0.1) is 0 Å². The fourth-order valence-electron chi connectivity index (χ4n) is 2.64. The summed E-state index contributed by atoms with van der Waals surface area (Å²) in [5.41, 5.74) is 4.02. The van der Waals surface area contributed by atoms with Crippen molar-refractivity contribution in [1.29, 1.82) is 0 Å². The second-order valence-electron chi connectivity index (χ2n) is 4.97. The van der Waals surface area contributed by atoms with E-state index in [1.807, 2.05) is 0 Å². The number of hydrogen-bond acceptors (Lipinski definition) is 0. The Hall–Kier alpha value is -1.82. The maximum atomic E-state index is 2.30. The molecule has 0 unspecified atom stereocenters. The lowest BCUT2D eigenvalue weighted by atomic mass is 9.96. The first-order valence-electron chi connectivity index (χ1n) is 6.05. The van der Waals surface area contributed by atoms with E-state index in [0.29, 0.717) is 0 Å². The summed E-state index contributed by atoms with van der Waals surface area (Å²) in [6, 6.07) is 15.7. The smallest absolute Gasteiger partial charge is 0.0100 e. The number of hydrogen-bond donors (Lipinski definition) is 0. The molecule has 0 aliphatic carbocycles. The van der Waals surface area contributed by atoms with E-state index in [4.69, 9.17) is 0 Å². The van der Waals surface area contributed by atoms with Crippen LogP contribution >= 0.6 is 0 Å². The van der Waals surface area contributed by atoms with Gasteiger partial charge in [-0.15, -0.1) is 0 Å². The zero-order valence-electron chi connectivity index (χ0n) is 10.5. The molecule has 0 aliphatic heterocycles. The van der Waals surface area contributed by atoms with Gasteiger partial charge >= 0.3 is 0 Å². The van der Waals surface area contributed by atoms with Crippen LogP contribution in [0.5, 0.6) is 0 Å². The maximum Gasteiger partial charge on any atom is -0.0100 e. The van der Waals surface area contributed by atoms with Crippen LogP contribution in [0, 0.1) is 20.8 Å². The minimum Gasteiger partial charge on any atom is -0.0587 e. The molecule has 0 saturated carbocycles. The highest BCUT2D eigenvalue weighted by molar-refractivity contribution is 6.08. The Kier molecular flexibility index (Phi) is 2.19. The zero-order chi connectivity index (χ0) is 12.0. The predicted molar refractivity (Wildman–Crippen MR) is 75.7 cm³/mol. The van der Waals surface area contributed by atoms with Gasteiger partial charge in [-0.1, -0.05) is 53.6 Å². The maximum absolute atomic E-state index is 2.30. The molecule has 17 heavy (non-hydrogen) atoms. The van der Waals surface area contributed by atoms with Gasteiger partial charge in [0, 0.05) is 0 Å². The average molecular weight is 220 g/mol. The molecule has 0 atom stereocenters. The number of fused-ring (bicyclic) bond motifs is 3. The molecule has 0 heteroatoms. The van der Waals surface area contributed by atoms with Crippen LogP contribution in [0.15, 0.2) is 42.5 Å². The molecule has 0 saturated heterocycles. The van der Waals surface area contributed by atoms with E-state index in [0.717, 1.165) is 0 Å². The van der Waals surface area contributed by atoms with Gasteiger partial charge in [0.25, 0.3) is 0 Å². The Balaban J connectivity index is 2.58. The molecular formula is C17H16. The van der Waals surface area contributed by atoms with Crippen LogP contribution in [0.25, 0.3) is 21.5 Å². The highest BCUT2D eigenvalue weighted by Gasteiger charge is 2.03. The van der Waals surface area contributed by atoms with Crippen LogP contribution in [0.4, 0.5) is 0 Å². The Bertz CT molecular complexity index is 721. The standard InChI is InChI=1S/C17H16/c1-11-4-5-14-6-7-15-13(3)8-12(2)10-17(15)16(14)9-11/h4-10H,1-3H3. The molecule has 0 aliphatic rings. The van der Waals surface area contributed by atoms with Gasteiger partial charge in [0.1, 0.15) is 0 Å². The van der Waals surface area contributed by atoms with Crippen molar-refractivity contribution in [2.45, 2.75) is 20.8 Å². The van der Waals surface area contributed by atoms with Gasteiger partial charge < -0.3 is 0 Å². The minimum absolute atomic E-state index is 1.32. The molecule has 0 aromatic heterocycles. The molecule has 0 nitrogen and oxygen atoms in total. The summed E-state index contributed by atoms with van der Waals surface area (Å²) in [6.45, 7) is 6.51. The topological polar surface area (TPSA) is 0 Å². The molecule has 0 N–H and O–H groups in total. The van der Waals surface area contributed by atoms with Gasteiger partial charge in [-0.25, -0.2) is 0 Å². The average Bonchev–Trinajstić information content (AvgIpc) is 2.28. The van der Waals surface area contributed by atoms with Crippen LogP contribution in [-0.4, -0.2) is 0 Å². The Morgan fingerprint density at radius 2 is 1.29 bits per heavy atom. The summed E-state index contributed by atoms with van der Waals surface area (Å²) in [4.78, 5) is 0. The van der Waals surface area contributed by atoms with Gasteiger partial charge in [-0.2, -0.15) is 0 Å². The van der Waals surface area contributed by atoms with Crippen LogP contribution in [0.2, 0.25) is 0 Å².